The van der Waals surface area contributed by atoms with Crippen molar-refractivity contribution in [2.45, 2.75) is 56.9 Å². The molecule has 2 aliphatic rings. The van der Waals surface area contributed by atoms with Gasteiger partial charge in [-0.15, -0.1) is 0 Å². The molecule has 2 rings (SSSR count). The number of carbonyl (C=O) groups is 3. The molecule has 0 bridgehead atoms. The van der Waals surface area contributed by atoms with Crippen LogP contribution in [0, 0.1) is 5.92 Å². The molecule has 0 aromatic rings. The summed E-state index contributed by atoms with van der Waals surface area (Å²) in [4.78, 5) is 39.1. The number of likely N-dealkylation sites (tertiary alicyclic amines) is 1. The minimum atomic E-state index is -0.858. The van der Waals surface area contributed by atoms with Crippen molar-refractivity contribution in [2.75, 3.05) is 27.2 Å². The Morgan fingerprint density at radius 2 is 1.71 bits per heavy atom. The molecule has 1 aliphatic heterocycles. The molecule has 1 heterocycles. The van der Waals surface area contributed by atoms with Crippen LogP contribution in [0.2, 0.25) is 0 Å². The van der Waals surface area contributed by atoms with Crippen LogP contribution in [0.25, 0.3) is 0 Å². The lowest BCUT2D eigenvalue weighted by Crippen LogP contribution is -2.54. The summed E-state index contributed by atoms with van der Waals surface area (Å²) in [6.45, 7) is 1.14. The molecular weight excluding hydrogens is 310 g/mol. The first-order chi connectivity index (χ1) is 11.3. The van der Waals surface area contributed by atoms with Crippen molar-refractivity contribution in [3.8, 4) is 0 Å². The molecule has 7 heteroatoms. The number of hydrogen-bond donors (Lipinski definition) is 2. The van der Waals surface area contributed by atoms with E-state index in [1.54, 1.807) is 23.9 Å². The van der Waals surface area contributed by atoms with E-state index in [0.717, 1.165) is 32.1 Å². The molecule has 1 saturated heterocycles. The van der Waals surface area contributed by atoms with Crippen molar-refractivity contribution in [1.29, 1.82) is 0 Å². The summed E-state index contributed by atoms with van der Waals surface area (Å²) in [5.74, 6) is -1.04. The Morgan fingerprint density at radius 1 is 1.12 bits per heavy atom. The van der Waals surface area contributed by atoms with E-state index in [1.165, 1.54) is 0 Å². The van der Waals surface area contributed by atoms with E-state index < -0.39 is 11.5 Å². The monoisotopic (exact) mass is 339 g/mol. The number of carboxylic acid groups (broad SMARTS) is 1. The zero-order chi connectivity index (χ0) is 17.7. The van der Waals surface area contributed by atoms with Gasteiger partial charge in [0, 0.05) is 33.1 Å². The number of aliphatic carboxylic acids is 1. The van der Waals surface area contributed by atoms with Crippen molar-refractivity contribution in [1.82, 2.24) is 15.1 Å². The van der Waals surface area contributed by atoms with E-state index in [-0.39, 0.29) is 24.3 Å². The predicted molar refractivity (Wildman–Crippen MR) is 89.6 cm³/mol. The fourth-order valence-electron chi connectivity index (χ4n) is 3.84. The van der Waals surface area contributed by atoms with Crippen LogP contribution in [-0.2, 0) is 9.59 Å². The molecule has 1 saturated carbocycles. The molecule has 0 aromatic carbocycles. The fraction of sp³-hybridized carbons (Fsp3) is 0.824. The van der Waals surface area contributed by atoms with Crippen LogP contribution in [0.1, 0.15) is 51.4 Å². The second-order valence-electron chi connectivity index (χ2n) is 7.34. The maximum absolute atomic E-state index is 12.6. The third-order valence-corrected chi connectivity index (χ3v) is 5.21. The van der Waals surface area contributed by atoms with Crippen molar-refractivity contribution in [3.63, 3.8) is 0 Å². The number of rotatable bonds is 4. The largest absolute Gasteiger partial charge is 0.481 e. The van der Waals surface area contributed by atoms with Crippen molar-refractivity contribution < 1.29 is 19.5 Å². The third kappa shape index (κ3) is 4.61. The fourth-order valence-corrected chi connectivity index (χ4v) is 3.84. The molecule has 2 fully saturated rings. The Hall–Kier alpha value is -1.79. The van der Waals surface area contributed by atoms with Gasteiger partial charge in [-0.1, -0.05) is 19.3 Å². The molecule has 24 heavy (non-hydrogen) atoms. The van der Waals surface area contributed by atoms with Crippen LogP contribution in [0.15, 0.2) is 0 Å². The maximum Gasteiger partial charge on any atom is 0.319 e. The number of amides is 3. The van der Waals surface area contributed by atoms with Crippen LogP contribution in [-0.4, -0.2) is 65.5 Å². The van der Waals surface area contributed by atoms with Gasteiger partial charge in [0.15, 0.2) is 0 Å². The van der Waals surface area contributed by atoms with Crippen LogP contribution in [0.4, 0.5) is 4.79 Å². The molecule has 0 radical (unpaired) electrons. The summed E-state index contributed by atoms with van der Waals surface area (Å²) < 4.78 is 0. The number of carbonyl (C=O) groups excluding carboxylic acids is 2. The summed E-state index contributed by atoms with van der Waals surface area (Å²) in [6, 6.07) is -0.0245. The van der Waals surface area contributed by atoms with Gasteiger partial charge in [-0.2, -0.15) is 0 Å². The second-order valence-corrected chi connectivity index (χ2v) is 7.34. The molecule has 1 aliphatic carbocycles. The van der Waals surface area contributed by atoms with Crippen molar-refractivity contribution >= 4 is 17.9 Å². The quantitative estimate of drug-likeness (QED) is 0.815. The Balaban J connectivity index is 1.92. The van der Waals surface area contributed by atoms with Gasteiger partial charge >= 0.3 is 12.0 Å². The summed E-state index contributed by atoms with van der Waals surface area (Å²) in [5.41, 5.74) is -0.586. The highest BCUT2D eigenvalue weighted by Crippen LogP contribution is 2.32. The average molecular weight is 339 g/mol. The van der Waals surface area contributed by atoms with Gasteiger partial charge in [0.25, 0.3) is 0 Å². The molecular formula is C17H29N3O4. The Kier molecular flexibility index (Phi) is 6.07. The number of piperidine rings is 1. The zero-order valence-electron chi connectivity index (χ0n) is 14.7. The van der Waals surface area contributed by atoms with Crippen molar-refractivity contribution in [2.24, 2.45) is 5.92 Å². The highest BCUT2D eigenvalue weighted by Gasteiger charge is 2.38. The normalized spacial score (nSPS) is 21.2. The van der Waals surface area contributed by atoms with Crippen molar-refractivity contribution in [3.05, 3.63) is 0 Å². The number of hydrogen-bond acceptors (Lipinski definition) is 3. The van der Waals surface area contributed by atoms with Crippen LogP contribution >= 0.6 is 0 Å². The van der Waals surface area contributed by atoms with Crippen LogP contribution in [0.3, 0.4) is 0 Å². The molecule has 2 N–H and O–H groups in total. The lowest BCUT2D eigenvalue weighted by molar-refractivity contribution is -0.140. The molecule has 0 aromatic heterocycles. The van der Waals surface area contributed by atoms with E-state index >= 15 is 0 Å². The smallest absolute Gasteiger partial charge is 0.319 e. The van der Waals surface area contributed by atoms with Gasteiger partial charge in [-0.3, -0.25) is 9.59 Å². The first kappa shape index (κ1) is 18.5. The lowest BCUT2D eigenvalue weighted by atomic mass is 9.78. The Morgan fingerprint density at radius 3 is 2.21 bits per heavy atom. The molecule has 0 spiro atoms. The molecule has 3 amide bonds. The van der Waals surface area contributed by atoms with E-state index in [1.807, 2.05) is 0 Å². The summed E-state index contributed by atoms with van der Waals surface area (Å²) in [7, 11) is 3.44. The predicted octanol–water partition coefficient (Wildman–Crippen LogP) is 1.67. The Bertz CT molecular complexity index is 478. The SMILES string of the molecule is CN(C)C(=O)N1CCC(C(=O)NC2(CC(=O)O)CCCCC2)CC1. The topological polar surface area (TPSA) is 90.0 Å². The van der Waals surface area contributed by atoms with E-state index in [9.17, 15) is 19.5 Å². The average Bonchev–Trinajstić information content (AvgIpc) is 2.54. The minimum absolute atomic E-state index is 0.00327. The number of urea groups is 1. The van der Waals surface area contributed by atoms with Gasteiger partial charge in [0.2, 0.25) is 5.91 Å². The highest BCUT2D eigenvalue weighted by molar-refractivity contribution is 5.81. The van der Waals surface area contributed by atoms with Gasteiger partial charge < -0.3 is 20.2 Å². The zero-order valence-corrected chi connectivity index (χ0v) is 14.7. The standard InChI is InChI=1S/C17H29N3O4/c1-19(2)16(24)20-10-6-13(7-11-20)15(23)18-17(12-14(21)22)8-4-3-5-9-17/h13H,3-12H2,1-2H3,(H,18,23)(H,21,22). The lowest BCUT2D eigenvalue weighted by Gasteiger charge is -2.39. The van der Waals surface area contributed by atoms with E-state index in [2.05, 4.69) is 5.32 Å². The second kappa shape index (κ2) is 7.85. The number of nitrogens with zero attached hydrogens (tertiary/aromatic N) is 2. The first-order valence-corrected chi connectivity index (χ1v) is 8.83. The molecule has 7 nitrogen and oxygen atoms in total. The number of nitrogens with one attached hydrogen (secondary N) is 1. The highest BCUT2D eigenvalue weighted by atomic mass is 16.4. The molecule has 0 unspecified atom stereocenters. The summed E-state index contributed by atoms with van der Waals surface area (Å²) in [5, 5.41) is 12.3. The van der Waals surface area contributed by atoms with Crippen LogP contribution < -0.4 is 5.32 Å². The van der Waals surface area contributed by atoms with Gasteiger partial charge in [0.1, 0.15) is 0 Å². The van der Waals surface area contributed by atoms with Gasteiger partial charge in [0.05, 0.1) is 12.0 Å². The van der Waals surface area contributed by atoms with Crippen LogP contribution in [0.5, 0.6) is 0 Å². The van der Waals surface area contributed by atoms with E-state index in [0.29, 0.717) is 25.9 Å². The molecule has 136 valence electrons. The van der Waals surface area contributed by atoms with E-state index in [4.69, 9.17) is 0 Å². The maximum atomic E-state index is 12.6. The summed E-state index contributed by atoms with van der Waals surface area (Å²) >= 11 is 0. The van der Waals surface area contributed by atoms with Gasteiger partial charge in [-0.05, 0) is 25.7 Å². The third-order valence-electron chi connectivity index (χ3n) is 5.21. The van der Waals surface area contributed by atoms with Gasteiger partial charge in [-0.25, -0.2) is 4.79 Å². The minimum Gasteiger partial charge on any atom is -0.481 e. The number of carboxylic acids is 1. The Labute approximate surface area is 143 Å². The molecule has 0 atom stereocenters. The first-order valence-electron chi connectivity index (χ1n) is 8.83. The summed E-state index contributed by atoms with van der Waals surface area (Å²) in [6.07, 6.45) is 5.76.